The Hall–Kier alpha value is -1.11. The minimum Gasteiger partial charge on any atom is -0.495 e. The maximum atomic E-state index is 12.6. The third-order valence-electron chi connectivity index (χ3n) is 3.12. The number of aliphatic hydroxyl groups excluding tert-OH is 1. The van der Waals surface area contributed by atoms with Crippen molar-refractivity contribution in [1.29, 1.82) is 0 Å². The Kier molecular flexibility index (Phi) is 5.98. The van der Waals surface area contributed by atoms with Crippen molar-refractivity contribution in [2.24, 2.45) is 5.92 Å². The summed E-state index contributed by atoms with van der Waals surface area (Å²) >= 11 is 0. The fourth-order valence-corrected chi connectivity index (χ4v) is 3.14. The standard InChI is InChI=1S/C14H23NO4S/c1-11(2)7-8-15(3)20(17,18)14-9-12(10-16)5-6-13(14)19-4/h5-6,9,11,16H,7-8,10H2,1-4H3. The predicted octanol–water partition coefficient (Wildman–Crippen LogP) is 1.85. The Bertz CT molecular complexity index is 540. The van der Waals surface area contributed by atoms with Gasteiger partial charge in [0.25, 0.3) is 0 Å². The zero-order chi connectivity index (χ0) is 15.3. The lowest BCUT2D eigenvalue weighted by molar-refractivity contribution is 0.281. The molecule has 114 valence electrons. The average molecular weight is 301 g/mol. The summed E-state index contributed by atoms with van der Waals surface area (Å²) in [6.45, 7) is 4.34. The van der Waals surface area contributed by atoms with Gasteiger partial charge in [0.1, 0.15) is 10.6 Å². The Morgan fingerprint density at radius 2 is 2.00 bits per heavy atom. The highest BCUT2D eigenvalue weighted by Gasteiger charge is 2.25. The number of hydrogen-bond acceptors (Lipinski definition) is 4. The summed E-state index contributed by atoms with van der Waals surface area (Å²) < 4.78 is 31.6. The molecule has 0 aromatic heterocycles. The van der Waals surface area contributed by atoms with Crippen LogP contribution in [0.4, 0.5) is 0 Å². The maximum Gasteiger partial charge on any atom is 0.246 e. The van der Waals surface area contributed by atoms with Gasteiger partial charge in [0, 0.05) is 13.6 Å². The van der Waals surface area contributed by atoms with Crippen molar-refractivity contribution in [1.82, 2.24) is 4.31 Å². The first-order chi connectivity index (χ1) is 9.32. The van der Waals surface area contributed by atoms with Crippen molar-refractivity contribution in [3.63, 3.8) is 0 Å². The number of hydrogen-bond donors (Lipinski definition) is 1. The molecule has 0 heterocycles. The molecule has 5 nitrogen and oxygen atoms in total. The van der Waals surface area contributed by atoms with Gasteiger partial charge < -0.3 is 9.84 Å². The molecule has 20 heavy (non-hydrogen) atoms. The maximum absolute atomic E-state index is 12.6. The fourth-order valence-electron chi connectivity index (χ4n) is 1.75. The van der Waals surface area contributed by atoms with E-state index in [-0.39, 0.29) is 11.5 Å². The molecule has 0 atom stereocenters. The van der Waals surface area contributed by atoms with E-state index < -0.39 is 10.0 Å². The summed E-state index contributed by atoms with van der Waals surface area (Å²) in [4.78, 5) is 0.0952. The minimum absolute atomic E-state index is 0.0952. The van der Waals surface area contributed by atoms with E-state index >= 15 is 0 Å². The topological polar surface area (TPSA) is 66.8 Å². The second-order valence-corrected chi connectivity index (χ2v) is 7.17. The number of benzene rings is 1. The Labute approximate surface area is 121 Å². The van der Waals surface area contributed by atoms with Crippen LogP contribution in [0.25, 0.3) is 0 Å². The summed E-state index contributed by atoms with van der Waals surface area (Å²) in [7, 11) is -0.623. The zero-order valence-electron chi connectivity index (χ0n) is 12.5. The average Bonchev–Trinajstić information content (AvgIpc) is 2.43. The first kappa shape index (κ1) is 16.9. The molecule has 0 fully saturated rings. The van der Waals surface area contributed by atoms with E-state index in [4.69, 9.17) is 9.84 Å². The number of methoxy groups -OCH3 is 1. The van der Waals surface area contributed by atoms with Crippen molar-refractivity contribution in [2.45, 2.75) is 31.8 Å². The molecule has 0 aliphatic rings. The lowest BCUT2D eigenvalue weighted by Crippen LogP contribution is -2.29. The molecule has 1 aromatic carbocycles. The van der Waals surface area contributed by atoms with Gasteiger partial charge in [0.2, 0.25) is 10.0 Å². The van der Waals surface area contributed by atoms with Crippen LogP contribution < -0.4 is 4.74 Å². The van der Waals surface area contributed by atoms with E-state index in [9.17, 15) is 8.42 Å². The quantitative estimate of drug-likeness (QED) is 0.834. The molecule has 6 heteroatoms. The second-order valence-electron chi connectivity index (χ2n) is 5.15. The Morgan fingerprint density at radius 3 is 2.50 bits per heavy atom. The van der Waals surface area contributed by atoms with Crippen molar-refractivity contribution < 1.29 is 18.3 Å². The second kappa shape index (κ2) is 7.06. The summed E-state index contributed by atoms with van der Waals surface area (Å²) in [6.07, 6.45) is 0.789. The van der Waals surface area contributed by atoms with Crippen LogP contribution >= 0.6 is 0 Å². The monoisotopic (exact) mass is 301 g/mol. The highest BCUT2D eigenvalue weighted by Crippen LogP contribution is 2.27. The molecule has 0 radical (unpaired) electrons. The molecule has 0 saturated heterocycles. The van der Waals surface area contributed by atoms with Gasteiger partial charge in [-0.3, -0.25) is 0 Å². The predicted molar refractivity (Wildman–Crippen MR) is 78.2 cm³/mol. The lowest BCUT2D eigenvalue weighted by atomic mass is 10.1. The number of sulfonamides is 1. The van der Waals surface area contributed by atoms with Crippen LogP contribution in [-0.4, -0.2) is 38.5 Å². The van der Waals surface area contributed by atoms with Crippen LogP contribution in [-0.2, 0) is 16.6 Å². The van der Waals surface area contributed by atoms with Gasteiger partial charge in [-0.05, 0) is 30.0 Å². The first-order valence-corrected chi connectivity index (χ1v) is 8.01. The van der Waals surface area contributed by atoms with Crippen LogP contribution in [0.15, 0.2) is 23.1 Å². The van der Waals surface area contributed by atoms with E-state index in [2.05, 4.69) is 0 Å². The summed E-state index contributed by atoms with van der Waals surface area (Å²) in [5.74, 6) is 0.719. The van der Waals surface area contributed by atoms with Crippen molar-refractivity contribution >= 4 is 10.0 Å². The Balaban J connectivity index is 3.13. The molecule has 0 aliphatic heterocycles. The van der Waals surface area contributed by atoms with E-state index in [0.29, 0.717) is 23.8 Å². The van der Waals surface area contributed by atoms with Gasteiger partial charge in [-0.1, -0.05) is 19.9 Å². The number of rotatable bonds is 7. The Morgan fingerprint density at radius 1 is 1.35 bits per heavy atom. The zero-order valence-corrected chi connectivity index (χ0v) is 13.3. The van der Waals surface area contributed by atoms with Gasteiger partial charge in [-0.2, -0.15) is 0 Å². The first-order valence-electron chi connectivity index (χ1n) is 6.57. The number of nitrogens with zero attached hydrogens (tertiary/aromatic N) is 1. The lowest BCUT2D eigenvalue weighted by Gasteiger charge is -2.20. The molecule has 1 rings (SSSR count). The smallest absolute Gasteiger partial charge is 0.246 e. The van der Waals surface area contributed by atoms with E-state index in [1.54, 1.807) is 19.2 Å². The minimum atomic E-state index is -3.61. The van der Waals surface area contributed by atoms with Crippen molar-refractivity contribution in [3.8, 4) is 5.75 Å². The van der Waals surface area contributed by atoms with E-state index in [1.807, 2.05) is 13.8 Å². The molecule has 0 amide bonds. The fraction of sp³-hybridized carbons (Fsp3) is 0.571. The molecule has 0 spiro atoms. The van der Waals surface area contributed by atoms with Crippen LogP contribution in [0.1, 0.15) is 25.8 Å². The third kappa shape index (κ3) is 3.94. The normalized spacial score (nSPS) is 12.2. The van der Waals surface area contributed by atoms with Gasteiger partial charge in [0.05, 0.1) is 13.7 Å². The molecule has 0 unspecified atom stereocenters. The third-order valence-corrected chi connectivity index (χ3v) is 5.00. The summed E-state index contributed by atoms with van der Waals surface area (Å²) in [6, 6.07) is 4.67. The molecular weight excluding hydrogens is 278 g/mol. The summed E-state index contributed by atoms with van der Waals surface area (Å²) in [5.41, 5.74) is 0.543. The van der Waals surface area contributed by atoms with Gasteiger partial charge in [-0.25, -0.2) is 12.7 Å². The van der Waals surface area contributed by atoms with E-state index in [1.165, 1.54) is 17.5 Å². The number of aliphatic hydroxyl groups is 1. The van der Waals surface area contributed by atoms with Gasteiger partial charge >= 0.3 is 0 Å². The molecule has 0 bridgehead atoms. The van der Waals surface area contributed by atoms with Crippen LogP contribution in [0.3, 0.4) is 0 Å². The van der Waals surface area contributed by atoms with E-state index in [0.717, 1.165) is 6.42 Å². The highest BCUT2D eigenvalue weighted by molar-refractivity contribution is 7.89. The van der Waals surface area contributed by atoms with Crippen LogP contribution in [0, 0.1) is 5.92 Å². The molecule has 0 saturated carbocycles. The van der Waals surface area contributed by atoms with Crippen molar-refractivity contribution in [3.05, 3.63) is 23.8 Å². The van der Waals surface area contributed by atoms with Gasteiger partial charge in [0.15, 0.2) is 0 Å². The van der Waals surface area contributed by atoms with Crippen molar-refractivity contribution in [2.75, 3.05) is 20.7 Å². The van der Waals surface area contributed by atoms with Crippen LogP contribution in [0.5, 0.6) is 5.75 Å². The molecule has 0 aliphatic carbocycles. The largest absolute Gasteiger partial charge is 0.495 e. The van der Waals surface area contributed by atoms with Gasteiger partial charge in [-0.15, -0.1) is 0 Å². The summed E-state index contributed by atoms with van der Waals surface area (Å²) in [5, 5.41) is 9.16. The molecular formula is C14H23NO4S. The SMILES string of the molecule is COc1ccc(CO)cc1S(=O)(=O)N(C)CCC(C)C. The molecule has 1 N–H and O–H groups in total. The molecule has 1 aromatic rings. The number of ether oxygens (including phenoxy) is 1. The highest BCUT2D eigenvalue weighted by atomic mass is 32.2. The van der Waals surface area contributed by atoms with Crippen LogP contribution in [0.2, 0.25) is 0 Å².